The third kappa shape index (κ3) is 10.2. The SMILES string of the molecule is CCn1c(-c2cnccc2COC)c2c3cc(ccc31)-c1cc(O)cc(c1)C[C@H](NC(=O)[C@H](C(C)C)N(C)C(=O)CN(C)C(=O)[C@H]1CN1C)C(=O)N1CCC[C@H](N1)[N+](=O)OCC(C)(C)C2. The summed E-state index contributed by atoms with van der Waals surface area (Å²) in [6.45, 7) is 11.6. The highest BCUT2D eigenvalue weighted by atomic mass is 16.8. The number of phenolic OH excluding ortho intramolecular Hbond substituents is 1. The van der Waals surface area contributed by atoms with Crippen LogP contribution in [-0.4, -0.2) is 142 Å². The summed E-state index contributed by atoms with van der Waals surface area (Å²) in [5.74, 6) is -2.05. The van der Waals surface area contributed by atoms with Gasteiger partial charge in [-0.15, -0.1) is 0 Å². The number of benzene rings is 2. The number of pyridine rings is 1. The Labute approximate surface area is 380 Å². The van der Waals surface area contributed by atoms with Crippen molar-refractivity contribution in [3.8, 4) is 28.1 Å². The number of amides is 4. The van der Waals surface area contributed by atoms with E-state index >= 15 is 0 Å². The Bertz CT molecular complexity index is 2470. The first-order valence-electron chi connectivity index (χ1n) is 22.5. The summed E-state index contributed by atoms with van der Waals surface area (Å²) in [4.78, 5) is 85.0. The number of ether oxygens (including phenoxy) is 1. The Morgan fingerprint density at radius 1 is 1.12 bits per heavy atom. The molecule has 5 heterocycles. The Morgan fingerprint density at radius 3 is 2.57 bits per heavy atom. The molecule has 3 aliphatic heterocycles. The third-order valence-electron chi connectivity index (χ3n) is 12.8. The first kappa shape index (κ1) is 47.1. The second kappa shape index (κ2) is 19.3. The molecule has 2 saturated heterocycles. The van der Waals surface area contributed by atoms with E-state index < -0.39 is 41.4 Å². The van der Waals surface area contributed by atoms with Crippen molar-refractivity contribution < 1.29 is 38.8 Å². The van der Waals surface area contributed by atoms with Crippen LogP contribution in [0.1, 0.15) is 64.2 Å². The number of hydrazine groups is 1. The molecule has 7 rings (SSSR count). The number of hydrogen-bond donors (Lipinski definition) is 3. The van der Waals surface area contributed by atoms with Crippen LogP contribution in [-0.2, 0) is 54.7 Å². The fourth-order valence-corrected chi connectivity index (χ4v) is 9.33. The van der Waals surface area contributed by atoms with Gasteiger partial charge in [0.15, 0.2) is 6.61 Å². The lowest BCUT2D eigenvalue weighted by Crippen LogP contribution is -2.62. The first-order chi connectivity index (χ1) is 30.9. The smallest absolute Gasteiger partial charge is 0.326 e. The number of likely N-dealkylation sites (N-methyl/N-ethyl adjacent to an activating group) is 3. The van der Waals surface area contributed by atoms with Crippen molar-refractivity contribution >= 4 is 34.5 Å². The molecule has 0 aliphatic carbocycles. The third-order valence-corrected chi connectivity index (χ3v) is 12.8. The van der Waals surface area contributed by atoms with Crippen LogP contribution in [0.3, 0.4) is 0 Å². The van der Waals surface area contributed by atoms with Crippen molar-refractivity contribution in [2.75, 3.05) is 54.5 Å². The van der Waals surface area contributed by atoms with E-state index in [0.717, 1.165) is 38.9 Å². The molecule has 5 atom stereocenters. The number of aromatic nitrogens is 2. The summed E-state index contributed by atoms with van der Waals surface area (Å²) in [6, 6.07) is 10.9. The Balaban J connectivity index is 1.29. The van der Waals surface area contributed by atoms with Crippen molar-refractivity contribution in [3.05, 3.63) is 76.5 Å². The monoisotopic (exact) mass is 894 g/mol. The van der Waals surface area contributed by atoms with Gasteiger partial charge in [-0.3, -0.25) is 34.1 Å². The normalized spacial score (nSPS) is 21.4. The molecule has 17 nitrogen and oxygen atoms in total. The van der Waals surface area contributed by atoms with Gasteiger partial charge in [-0.25, -0.2) is 4.84 Å². The van der Waals surface area contributed by atoms with E-state index in [1.165, 1.54) is 21.9 Å². The molecule has 4 amide bonds. The lowest BCUT2D eigenvalue weighted by molar-refractivity contribution is -0.835. The van der Waals surface area contributed by atoms with E-state index in [0.29, 0.717) is 55.0 Å². The Morgan fingerprint density at radius 2 is 1.88 bits per heavy atom. The second-order valence-corrected chi connectivity index (χ2v) is 18.9. The molecule has 2 aromatic carbocycles. The van der Waals surface area contributed by atoms with Gasteiger partial charge in [0.2, 0.25) is 22.6 Å². The van der Waals surface area contributed by atoms with E-state index in [9.17, 15) is 29.2 Å². The van der Waals surface area contributed by atoms with Crippen LogP contribution in [0.5, 0.6) is 5.75 Å². The maximum atomic E-state index is 14.7. The molecule has 6 bridgehead atoms. The molecular weight excluding hydrogens is 831 g/mol. The highest BCUT2D eigenvalue weighted by molar-refractivity contribution is 5.96. The van der Waals surface area contributed by atoms with E-state index in [4.69, 9.17) is 9.57 Å². The van der Waals surface area contributed by atoms with Crippen LogP contribution >= 0.6 is 0 Å². The number of carbonyl (C=O) groups is 4. The number of carbonyl (C=O) groups excluding carboxylic acids is 4. The molecule has 2 aromatic heterocycles. The minimum Gasteiger partial charge on any atom is -0.508 e. The van der Waals surface area contributed by atoms with Crippen LogP contribution < -0.4 is 10.7 Å². The van der Waals surface area contributed by atoms with E-state index in [1.807, 2.05) is 50.2 Å². The summed E-state index contributed by atoms with van der Waals surface area (Å²) < 4.78 is 7.90. The maximum absolute atomic E-state index is 14.7. The quantitative estimate of drug-likeness (QED) is 0.183. The van der Waals surface area contributed by atoms with Gasteiger partial charge in [0.1, 0.15) is 23.9 Å². The average molecular weight is 895 g/mol. The summed E-state index contributed by atoms with van der Waals surface area (Å²) in [5, 5.41) is 16.6. The maximum Gasteiger partial charge on any atom is 0.326 e. The van der Waals surface area contributed by atoms with Gasteiger partial charge < -0.3 is 29.5 Å². The molecule has 3 aliphatic rings. The molecule has 2 fully saturated rings. The number of phenols is 1. The number of hydrogen-bond acceptors (Lipinski definition) is 11. The highest BCUT2D eigenvalue weighted by Crippen LogP contribution is 2.41. The molecule has 1 unspecified atom stereocenters. The van der Waals surface area contributed by atoms with Crippen molar-refractivity contribution in [1.29, 1.82) is 0 Å². The number of fused-ring (bicyclic) bond motifs is 6. The van der Waals surface area contributed by atoms with Gasteiger partial charge in [-0.2, -0.15) is 5.43 Å². The minimum absolute atomic E-state index is 0.0194. The Kier molecular flexibility index (Phi) is 14.0. The number of rotatable bonds is 11. The zero-order valence-corrected chi connectivity index (χ0v) is 39.1. The molecule has 0 spiro atoms. The summed E-state index contributed by atoms with van der Waals surface area (Å²) in [5.41, 5.74) is 9.59. The van der Waals surface area contributed by atoms with Crippen molar-refractivity contribution in [2.24, 2.45) is 11.3 Å². The fraction of sp³-hybridized carbons (Fsp3) is 0.521. The van der Waals surface area contributed by atoms with Crippen molar-refractivity contribution in [3.63, 3.8) is 0 Å². The summed E-state index contributed by atoms with van der Waals surface area (Å²) in [7, 11) is 6.60. The number of methoxy groups -OCH3 is 1. The summed E-state index contributed by atoms with van der Waals surface area (Å²) in [6.07, 6.45) is 4.12. The van der Waals surface area contributed by atoms with E-state index in [2.05, 4.69) is 53.2 Å². The summed E-state index contributed by atoms with van der Waals surface area (Å²) >= 11 is 0. The van der Waals surface area contributed by atoms with Crippen molar-refractivity contribution in [1.82, 2.24) is 40.0 Å². The molecule has 3 N–H and O–H groups in total. The van der Waals surface area contributed by atoms with Gasteiger partial charge in [-0.05, 0) is 90.9 Å². The van der Waals surface area contributed by atoms with E-state index in [-0.39, 0.29) is 49.7 Å². The van der Waals surface area contributed by atoms with Crippen molar-refractivity contribution in [2.45, 2.75) is 97.7 Å². The predicted molar refractivity (Wildman–Crippen MR) is 245 cm³/mol. The lowest BCUT2D eigenvalue weighted by Gasteiger charge is -2.35. The van der Waals surface area contributed by atoms with Gasteiger partial charge in [-0.1, -0.05) is 39.8 Å². The predicted octanol–water partition coefficient (Wildman–Crippen LogP) is 4.27. The molecule has 0 radical (unpaired) electrons. The molecule has 4 aromatic rings. The number of nitrogens with zero attached hydrogens (tertiary/aromatic N) is 7. The van der Waals surface area contributed by atoms with E-state index in [1.54, 1.807) is 32.5 Å². The molecule has 65 heavy (non-hydrogen) atoms. The Hall–Kier alpha value is -5.91. The zero-order valence-electron chi connectivity index (χ0n) is 39.1. The van der Waals surface area contributed by atoms with Crippen LogP contribution in [0.4, 0.5) is 0 Å². The van der Waals surface area contributed by atoms with Crippen LogP contribution in [0.25, 0.3) is 33.3 Å². The van der Waals surface area contributed by atoms with Gasteiger partial charge in [0.05, 0.1) is 23.8 Å². The number of nitrogens with one attached hydrogen (secondary N) is 2. The largest absolute Gasteiger partial charge is 0.508 e. The lowest BCUT2D eigenvalue weighted by atomic mass is 9.84. The second-order valence-electron chi connectivity index (χ2n) is 18.9. The van der Waals surface area contributed by atoms with Gasteiger partial charge >= 0.3 is 6.17 Å². The molecule has 17 heteroatoms. The standard InChI is InChI=1S/C48H63N9O8/c1-10-55-39-14-13-31-22-35(39)36(44(55)37-24-49-16-15-32(37)27-64-9)23-48(4,5)28-65-57(63)41-12-11-17-56(51-41)46(61)38(20-30-18-33(31)21-34(58)19-30)50-45(60)43(29(2)3)54(8)42(59)26-53(7)47(62)40-25-52(40)6/h13-16,18-19,21-22,24,29,38,40-41,43,51H,10-12,17,20,23,25-28H2,1-9H3,(H-,50,58,60)/p+1/t38-,40+,41+,43-,52?/m0/s1. The highest BCUT2D eigenvalue weighted by Gasteiger charge is 2.42. The first-order valence-corrected chi connectivity index (χ1v) is 22.5. The van der Waals surface area contributed by atoms with Gasteiger partial charge in [0, 0.05) is 88.0 Å². The molecule has 0 saturated carbocycles. The van der Waals surface area contributed by atoms with Crippen LogP contribution in [0, 0.1) is 16.2 Å². The van der Waals surface area contributed by atoms with Crippen LogP contribution in [0.15, 0.2) is 54.9 Å². The molecular formula is C48H64N9O8+. The topological polar surface area (TPSA) is 182 Å². The minimum atomic E-state index is -1.18. The van der Waals surface area contributed by atoms with Crippen LogP contribution in [0.2, 0.25) is 0 Å². The fourth-order valence-electron chi connectivity index (χ4n) is 9.33. The average Bonchev–Trinajstić information content (AvgIpc) is 3.93. The number of aromatic hydroxyl groups is 1. The molecule has 348 valence electrons. The number of aryl methyl sites for hydroxylation is 1. The zero-order chi connectivity index (χ0) is 46.9. The van der Waals surface area contributed by atoms with Gasteiger partial charge in [0.25, 0.3) is 5.91 Å².